The summed E-state index contributed by atoms with van der Waals surface area (Å²) in [6.07, 6.45) is 0. The van der Waals surface area contributed by atoms with Gasteiger partial charge in [0.25, 0.3) is 0 Å². The van der Waals surface area contributed by atoms with Crippen molar-refractivity contribution in [2.24, 2.45) is 0 Å². The monoisotopic (exact) mass is 335 g/mol. The summed E-state index contributed by atoms with van der Waals surface area (Å²) in [5.74, 6) is -0.300. The summed E-state index contributed by atoms with van der Waals surface area (Å²) in [5.41, 5.74) is 1.84. The Balaban J connectivity index is 2.20. The topological polar surface area (TPSA) is 26.3 Å². The van der Waals surface area contributed by atoms with E-state index in [1.54, 1.807) is 0 Å². The van der Waals surface area contributed by atoms with E-state index in [-0.39, 0.29) is 16.9 Å². The number of carbonyl (C=O) groups excluding carboxylic acids is 1. The minimum absolute atomic E-state index is 0.300. The van der Waals surface area contributed by atoms with Gasteiger partial charge in [-0.3, -0.25) is 0 Å². The summed E-state index contributed by atoms with van der Waals surface area (Å²) >= 11 is 0. The lowest BCUT2D eigenvalue weighted by molar-refractivity contribution is 0.0596. The molecule has 0 fully saturated rings. The molecule has 0 saturated carbocycles. The number of ether oxygens (including phenoxy) is 1. The second kappa shape index (κ2) is 7.37. The molecule has 0 aliphatic heterocycles. The Morgan fingerprint density at radius 3 is 2.04 bits per heavy atom. The Bertz CT molecular complexity index is 826. The maximum atomic E-state index is 12.2. The molecule has 0 amide bonds. The lowest BCUT2D eigenvalue weighted by atomic mass is 10.2. The van der Waals surface area contributed by atoms with Crippen molar-refractivity contribution in [2.75, 3.05) is 7.11 Å². The van der Waals surface area contributed by atoms with E-state index in [0.717, 1.165) is 4.90 Å². The molecule has 3 aromatic rings. The van der Waals surface area contributed by atoms with Gasteiger partial charge in [-0.05, 0) is 43.3 Å². The van der Waals surface area contributed by atoms with Crippen molar-refractivity contribution in [3.63, 3.8) is 0 Å². The SMILES string of the molecule is COC(=O)c1ccccc1[S+](c1ccccc1)c1ccc(C)cc1. The van der Waals surface area contributed by atoms with Crippen LogP contribution in [0.5, 0.6) is 0 Å². The van der Waals surface area contributed by atoms with E-state index < -0.39 is 0 Å². The molecule has 1 atom stereocenters. The Morgan fingerprint density at radius 2 is 1.38 bits per heavy atom. The molecule has 0 aliphatic rings. The van der Waals surface area contributed by atoms with Crippen molar-refractivity contribution < 1.29 is 9.53 Å². The normalized spacial score (nSPS) is 11.8. The zero-order valence-corrected chi connectivity index (χ0v) is 14.5. The first kappa shape index (κ1) is 16.3. The second-order valence-electron chi connectivity index (χ2n) is 5.42. The summed E-state index contributed by atoms with van der Waals surface area (Å²) in [5, 5.41) is 0. The highest BCUT2D eigenvalue weighted by Gasteiger charge is 2.33. The molecule has 24 heavy (non-hydrogen) atoms. The average Bonchev–Trinajstić information content (AvgIpc) is 2.64. The van der Waals surface area contributed by atoms with Crippen LogP contribution in [0.15, 0.2) is 93.5 Å². The van der Waals surface area contributed by atoms with Gasteiger partial charge in [0.15, 0.2) is 14.7 Å². The molecular formula is C21H19O2S+. The van der Waals surface area contributed by atoms with Crippen molar-refractivity contribution >= 4 is 16.9 Å². The van der Waals surface area contributed by atoms with Gasteiger partial charge in [0, 0.05) is 0 Å². The van der Waals surface area contributed by atoms with E-state index >= 15 is 0 Å². The molecule has 0 N–H and O–H groups in total. The van der Waals surface area contributed by atoms with E-state index in [1.165, 1.54) is 22.5 Å². The van der Waals surface area contributed by atoms with Crippen LogP contribution in [-0.2, 0) is 15.6 Å². The highest BCUT2D eigenvalue weighted by Crippen LogP contribution is 2.33. The predicted molar refractivity (Wildman–Crippen MR) is 97.6 cm³/mol. The maximum absolute atomic E-state index is 12.2. The zero-order chi connectivity index (χ0) is 16.9. The number of benzene rings is 3. The Kier molecular flexibility index (Phi) is 5.02. The molecular weight excluding hydrogens is 316 g/mol. The van der Waals surface area contributed by atoms with Gasteiger partial charge < -0.3 is 4.74 Å². The predicted octanol–water partition coefficient (Wildman–Crippen LogP) is 4.88. The number of esters is 1. The molecule has 2 nitrogen and oxygen atoms in total. The highest BCUT2D eigenvalue weighted by atomic mass is 32.2. The van der Waals surface area contributed by atoms with Gasteiger partial charge in [-0.2, -0.15) is 0 Å². The van der Waals surface area contributed by atoms with Gasteiger partial charge >= 0.3 is 5.97 Å². The minimum atomic E-state index is -0.357. The van der Waals surface area contributed by atoms with Crippen molar-refractivity contribution in [1.82, 2.24) is 0 Å². The smallest absolute Gasteiger partial charge is 0.343 e. The largest absolute Gasteiger partial charge is 0.465 e. The van der Waals surface area contributed by atoms with Gasteiger partial charge in [-0.1, -0.05) is 48.0 Å². The van der Waals surface area contributed by atoms with Crippen molar-refractivity contribution in [2.45, 2.75) is 21.6 Å². The third-order valence-corrected chi connectivity index (χ3v) is 6.03. The molecule has 0 heterocycles. The van der Waals surface area contributed by atoms with E-state index in [2.05, 4.69) is 43.3 Å². The lowest BCUT2D eigenvalue weighted by Gasteiger charge is -2.11. The minimum Gasteiger partial charge on any atom is -0.465 e. The molecule has 0 bridgehead atoms. The van der Waals surface area contributed by atoms with Crippen LogP contribution in [0.3, 0.4) is 0 Å². The lowest BCUT2D eigenvalue weighted by Crippen LogP contribution is -2.12. The van der Waals surface area contributed by atoms with Crippen LogP contribution < -0.4 is 0 Å². The number of rotatable bonds is 4. The summed E-state index contributed by atoms with van der Waals surface area (Å²) < 4.78 is 4.98. The standard InChI is InChI=1S/C21H19O2S/c1-16-12-14-18(15-13-16)24(17-8-4-3-5-9-17)20-11-7-6-10-19(20)21(22)23-2/h3-15H,1-2H3/q+1. The van der Waals surface area contributed by atoms with Crippen LogP contribution in [0.25, 0.3) is 0 Å². The fourth-order valence-electron chi connectivity index (χ4n) is 2.54. The number of aryl methyl sites for hydroxylation is 1. The second-order valence-corrected chi connectivity index (χ2v) is 7.42. The Morgan fingerprint density at radius 1 is 0.792 bits per heavy atom. The molecule has 0 spiro atoms. The molecule has 0 aliphatic carbocycles. The number of methoxy groups -OCH3 is 1. The van der Waals surface area contributed by atoms with Crippen molar-refractivity contribution in [3.8, 4) is 0 Å². The number of carbonyl (C=O) groups is 1. The summed E-state index contributed by atoms with van der Waals surface area (Å²) in [7, 11) is 1.06. The van der Waals surface area contributed by atoms with Gasteiger partial charge in [0.1, 0.15) is 16.5 Å². The van der Waals surface area contributed by atoms with Gasteiger partial charge in [-0.15, -0.1) is 0 Å². The van der Waals surface area contributed by atoms with E-state index in [4.69, 9.17) is 4.74 Å². The first-order chi connectivity index (χ1) is 11.7. The molecule has 0 radical (unpaired) electrons. The molecule has 3 rings (SSSR count). The summed E-state index contributed by atoms with van der Waals surface area (Å²) in [6, 6.07) is 26.5. The molecule has 3 aromatic carbocycles. The molecule has 0 aromatic heterocycles. The Hall–Kier alpha value is -2.52. The number of hydrogen-bond donors (Lipinski definition) is 0. The first-order valence-electron chi connectivity index (χ1n) is 7.74. The van der Waals surface area contributed by atoms with Crippen LogP contribution in [0.4, 0.5) is 0 Å². The van der Waals surface area contributed by atoms with Crippen LogP contribution >= 0.6 is 0 Å². The average molecular weight is 335 g/mol. The molecule has 1 unspecified atom stereocenters. The molecule has 0 saturated heterocycles. The van der Waals surface area contributed by atoms with Crippen molar-refractivity contribution in [1.29, 1.82) is 0 Å². The molecule has 120 valence electrons. The summed E-state index contributed by atoms with van der Waals surface area (Å²) in [4.78, 5) is 15.6. The van der Waals surface area contributed by atoms with E-state index in [1.807, 2.05) is 42.5 Å². The third-order valence-electron chi connectivity index (χ3n) is 3.75. The quantitative estimate of drug-likeness (QED) is 0.502. The van der Waals surface area contributed by atoms with Crippen LogP contribution in [0, 0.1) is 6.92 Å². The van der Waals surface area contributed by atoms with Crippen LogP contribution in [0.1, 0.15) is 15.9 Å². The fraction of sp³-hybridized carbons (Fsp3) is 0.0952. The Labute approximate surface area is 145 Å². The van der Waals surface area contributed by atoms with Gasteiger partial charge in [-0.25, -0.2) is 4.79 Å². The summed E-state index contributed by atoms with van der Waals surface area (Å²) in [6.45, 7) is 2.08. The van der Waals surface area contributed by atoms with Crippen molar-refractivity contribution in [3.05, 3.63) is 90.0 Å². The van der Waals surface area contributed by atoms with E-state index in [9.17, 15) is 4.79 Å². The van der Waals surface area contributed by atoms with Gasteiger partial charge in [0.05, 0.1) is 7.11 Å². The highest BCUT2D eigenvalue weighted by molar-refractivity contribution is 7.97. The number of hydrogen-bond acceptors (Lipinski definition) is 2. The maximum Gasteiger partial charge on any atom is 0.343 e. The third kappa shape index (κ3) is 3.36. The van der Waals surface area contributed by atoms with Crippen LogP contribution in [0.2, 0.25) is 0 Å². The van der Waals surface area contributed by atoms with E-state index in [0.29, 0.717) is 5.56 Å². The van der Waals surface area contributed by atoms with Gasteiger partial charge in [0.2, 0.25) is 0 Å². The van der Waals surface area contributed by atoms with Crippen LogP contribution in [-0.4, -0.2) is 13.1 Å². The first-order valence-corrected chi connectivity index (χ1v) is 8.96. The fourth-order valence-corrected chi connectivity index (χ4v) is 4.75. The zero-order valence-electron chi connectivity index (χ0n) is 13.7. The molecule has 3 heteroatoms.